The average Bonchev–Trinajstić information content (AvgIpc) is 0.769. The second-order valence-corrected chi connectivity index (χ2v) is 40.4. The normalized spacial score (nSPS) is 15.2. The summed E-state index contributed by atoms with van der Waals surface area (Å²) in [6.07, 6.45) is 66.6. The molecule has 4 atom stereocenters. The standard InChI is InChI=1S/C31H46O2.3C21H32O2.C11H16O2.C10H16O.C10H18O/c1-8-9-10-14-25-20-29(32)30(28-19-24(7)16-17-26(28)22(4)5)31(33)27(25)18-15-23(6)13-11-12-21(2)3;1-5-6-7-11-18-14-19(22)15-21(23)20(18)13-12-17(4)10-8-9-16(2)3;2*1-5-6-7-11-18-14-20(22)19(21(23)15-18)13-12-17(4)10-8-9-16(2)3;1-2-3-4-5-9-6-10(12)8-11(13)7-9;1-8(2)9-4-6-10(3,11)7-5-9;1-9(2)5-4-6-10(3)7-8-11/h12,15,19-20,26,28,32-33H,4,8-11,13-14,16-18H2,1-3,5-7H3;3*9,12,14-15,22-23H,5-8,10-11,13H2,1-4H3;6-8,12-13H,2-5H2,1H3;4,6,9,11H,1,5,7H2,2-3H3;5,7,11H,4,6,8H2,1-3H3/b23-15+;3*17-12+;;;10-7+. The Labute approximate surface area is 834 Å². The fraction of sp³-hybridized carbons (Fsp3) is 0.536. The number of unbranched alkanes of at least 4 members (excludes halogenated alkanes) is 10. The first-order chi connectivity index (χ1) is 64.8. The lowest BCUT2D eigenvalue weighted by Gasteiger charge is -2.32. The van der Waals surface area contributed by atoms with E-state index in [4.69, 9.17) is 5.11 Å². The van der Waals surface area contributed by atoms with Gasteiger partial charge < -0.3 is 61.3 Å². The second kappa shape index (κ2) is 71.8. The van der Waals surface area contributed by atoms with Gasteiger partial charge in [-0.15, -0.1) is 0 Å². The Balaban J connectivity index is 0.000000825. The highest BCUT2D eigenvalue weighted by molar-refractivity contribution is 5.58. The zero-order valence-electron chi connectivity index (χ0n) is 90.4. The Hall–Kier alpha value is -9.62. The van der Waals surface area contributed by atoms with Gasteiger partial charge in [-0.3, -0.25) is 0 Å². The molecule has 2 aliphatic rings. The Bertz CT molecular complexity index is 4580. The quantitative estimate of drug-likeness (QED) is 0.0129. The Morgan fingerprint density at radius 2 is 0.679 bits per heavy atom. The molecule has 0 heterocycles. The molecule has 0 saturated heterocycles. The van der Waals surface area contributed by atoms with Crippen molar-refractivity contribution in [3.05, 3.63) is 281 Å². The molecule has 2 aliphatic carbocycles. The molecule has 764 valence electrons. The van der Waals surface area contributed by atoms with E-state index in [0.717, 1.165) is 218 Å². The SMILES string of the molecule is C=C(C)C1C=CC(C)(O)CC1.C=C(C)C1CCC(C)=CC1c1c(O)cc(CCCCC)c(C/C=C(\C)CCC=C(C)C)c1O.CC(C)=CCC/C(C)=C/CO.CCCCCc1cc(O)c(C/C=C(\C)CCC=C(C)C)c(O)c1.CCCCCc1cc(O)c(C/C=C(\C)CCC=C(C)C)c(O)c1.CCCCCc1cc(O)cc(O)c1.CCCCCc1cc(O)cc(O)c1C/C=C(\C)CCC=C(C)C. The maximum Gasteiger partial charge on any atom is 0.126 e. The van der Waals surface area contributed by atoms with Crippen LogP contribution in [0.5, 0.6) is 57.5 Å². The predicted octanol–water partition coefficient (Wildman–Crippen LogP) is 35.1. The van der Waals surface area contributed by atoms with Gasteiger partial charge >= 0.3 is 0 Å². The van der Waals surface area contributed by atoms with Crippen molar-refractivity contribution in [1.29, 1.82) is 0 Å². The van der Waals surface area contributed by atoms with Crippen LogP contribution >= 0.6 is 0 Å². The topological polar surface area (TPSA) is 243 Å². The minimum Gasteiger partial charge on any atom is -0.508 e. The van der Waals surface area contributed by atoms with Gasteiger partial charge in [0, 0.05) is 45.9 Å². The number of rotatable bonds is 47. The summed E-state index contributed by atoms with van der Waals surface area (Å²) in [4.78, 5) is 0. The Morgan fingerprint density at radius 1 is 0.358 bits per heavy atom. The zero-order valence-corrected chi connectivity index (χ0v) is 90.4. The molecule has 0 spiro atoms. The first-order valence-corrected chi connectivity index (χ1v) is 52.0. The van der Waals surface area contributed by atoms with E-state index >= 15 is 0 Å². The monoisotopic (exact) mass is 1890 g/mol. The number of hydrogen-bond donors (Lipinski definition) is 12. The summed E-state index contributed by atoms with van der Waals surface area (Å²) in [7, 11) is 0. The molecule has 0 aliphatic heterocycles. The van der Waals surface area contributed by atoms with Crippen LogP contribution in [0.4, 0.5) is 0 Å². The Morgan fingerprint density at radius 3 is 1.01 bits per heavy atom. The van der Waals surface area contributed by atoms with Gasteiger partial charge in [0.25, 0.3) is 0 Å². The van der Waals surface area contributed by atoms with E-state index in [2.05, 4.69) is 232 Å². The molecule has 0 fully saturated rings. The highest BCUT2D eigenvalue weighted by Gasteiger charge is 2.32. The van der Waals surface area contributed by atoms with E-state index in [1.54, 1.807) is 42.5 Å². The van der Waals surface area contributed by atoms with Crippen molar-refractivity contribution in [3.63, 3.8) is 0 Å². The van der Waals surface area contributed by atoms with Crippen molar-refractivity contribution in [3.8, 4) is 57.5 Å². The first kappa shape index (κ1) is 125. The maximum atomic E-state index is 11.5. The van der Waals surface area contributed by atoms with Crippen molar-refractivity contribution in [1.82, 2.24) is 0 Å². The molecule has 137 heavy (non-hydrogen) atoms. The number of phenols is 10. The highest BCUT2D eigenvalue weighted by Crippen LogP contribution is 2.49. The van der Waals surface area contributed by atoms with E-state index in [0.29, 0.717) is 41.9 Å². The van der Waals surface area contributed by atoms with Crippen molar-refractivity contribution in [2.75, 3.05) is 6.61 Å². The van der Waals surface area contributed by atoms with Gasteiger partial charge in [0.05, 0.1) is 12.2 Å². The van der Waals surface area contributed by atoms with E-state index < -0.39 is 5.60 Å². The number of phenolic OH excluding ortho intramolecular Hbond substituents is 10. The van der Waals surface area contributed by atoms with Crippen molar-refractivity contribution in [2.24, 2.45) is 11.8 Å². The molecular formula is C125H192O12. The number of allylic oxidation sites excluding steroid dienone is 24. The van der Waals surface area contributed by atoms with Gasteiger partial charge in [0.15, 0.2) is 0 Å². The molecule has 12 heteroatoms. The molecule has 0 saturated carbocycles. The lowest BCUT2D eigenvalue weighted by atomic mass is 9.73. The molecule has 0 aromatic heterocycles. The van der Waals surface area contributed by atoms with Crippen LogP contribution in [0.2, 0.25) is 0 Å². The van der Waals surface area contributed by atoms with Crippen LogP contribution in [-0.4, -0.2) is 73.5 Å². The van der Waals surface area contributed by atoms with Gasteiger partial charge in [0.2, 0.25) is 0 Å². The van der Waals surface area contributed by atoms with Crippen LogP contribution in [0.15, 0.2) is 225 Å². The van der Waals surface area contributed by atoms with Crippen LogP contribution < -0.4 is 0 Å². The average molecular weight is 1890 g/mol. The number of benzene rings is 5. The smallest absolute Gasteiger partial charge is 0.126 e. The van der Waals surface area contributed by atoms with Gasteiger partial charge in [-0.1, -0.05) is 263 Å². The third-order valence-corrected chi connectivity index (χ3v) is 25.1. The molecular weight excluding hydrogens is 1690 g/mol. The van der Waals surface area contributed by atoms with E-state index in [9.17, 15) is 56.2 Å². The molecule has 0 radical (unpaired) electrons. The summed E-state index contributed by atoms with van der Waals surface area (Å²) < 4.78 is 0. The molecule has 12 nitrogen and oxygen atoms in total. The van der Waals surface area contributed by atoms with Crippen LogP contribution in [0, 0.1) is 11.8 Å². The van der Waals surface area contributed by atoms with Gasteiger partial charge in [0.1, 0.15) is 57.5 Å². The van der Waals surface area contributed by atoms with Crippen molar-refractivity contribution < 1.29 is 61.3 Å². The molecule has 4 unspecified atom stereocenters. The molecule has 5 aromatic rings. The summed E-state index contributed by atoms with van der Waals surface area (Å²) in [5, 5.41) is 120. The number of aromatic hydroxyl groups is 10. The largest absolute Gasteiger partial charge is 0.508 e. The van der Waals surface area contributed by atoms with E-state index in [1.165, 1.54) is 130 Å². The molecule has 0 bridgehead atoms. The maximum absolute atomic E-state index is 11.5. The number of aliphatic hydroxyl groups is 2. The lowest BCUT2D eigenvalue weighted by molar-refractivity contribution is 0.0903. The third-order valence-electron chi connectivity index (χ3n) is 25.1. The van der Waals surface area contributed by atoms with E-state index in [1.807, 2.05) is 32.1 Å². The summed E-state index contributed by atoms with van der Waals surface area (Å²) in [5.74, 6) is 2.73. The number of aryl methyl sites for hydroxylation is 5. The van der Waals surface area contributed by atoms with Crippen LogP contribution in [0.25, 0.3) is 0 Å². The van der Waals surface area contributed by atoms with Crippen molar-refractivity contribution >= 4 is 0 Å². The fourth-order valence-corrected chi connectivity index (χ4v) is 16.5. The summed E-state index contributed by atoms with van der Waals surface area (Å²) in [5.41, 5.74) is 25.4. The van der Waals surface area contributed by atoms with Crippen LogP contribution in [0.1, 0.15) is 414 Å². The summed E-state index contributed by atoms with van der Waals surface area (Å²) >= 11 is 0. The van der Waals surface area contributed by atoms with Crippen LogP contribution in [0.3, 0.4) is 0 Å². The molecule has 5 aromatic carbocycles. The minimum atomic E-state index is -0.577. The zero-order chi connectivity index (χ0) is 103. The van der Waals surface area contributed by atoms with Crippen molar-refractivity contribution in [2.45, 2.75) is 422 Å². The van der Waals surface area contributed by atoms with Gasteiger partial charge in [-0.25, -0.2) is 0 Å². The first-order valence-electron chi connectivity index (χ1n) is 52.0. The van der Waals surface area contributed by atoms with E-state index in [-0.39, 0.29) is 75.9 Å². The highest BCUT2D eigenvalue weighted by atomic mass is 16.3. The number of aliphatic hydroxyl groups excluding tert-OH is 1. The summed E-state index contributed by atoms with van der Waals surface area (Å²) in [6.45, 7) is 59.0. The van der Waals surface area contributed by atoms with Gasteiger partial charge in [-0.2, -0.15) is 0 Å². The van der Waals surface area contributed by atoms with Crippen LogP contribution in [-0.2, 0) is 57.8 Å². The Kier molecular flexibility index (Phi) is 65.7. The molecule has 0 amide bonds. The third kappa shape index (κ3) is 56.9. The fourth-order valence-electron chi connectivity index (χ4n) is 16.5. The lowest BCUT2D eigenvalue weighted by Crippen LogP contribution is -2.25. The minimum absolute atomic E-state index is 0.0255. The molecule has 7 rings (SSSR count). The predicted molar refractivity (Wildman–Crippen MR) is 590 cm³/mol. The second-order valence-electron chi connectivity index (χ2n) is 40.4. The number of hydrogen-bond acceptors (Lipinski definition) is 12. The summed E-state index contributed by atoms with van der Waals surface area (Å²) in [6, 6.07) is 17.2. The molecule has 12 N–H and O–H groups in total. The van der Waals surface area contributed by atoms with Gasteiger partial charge in [-0.05, 0) is 400 Å².